The van der Waals surface area contributed by atoms with Gasteiger partial charge in [-0.2, -0.15) is 21.6 Å². The highest BCUT2D eigenvalue weighted by Crippen LogP contribution is 2.23. The number of rotatable bonds is 4. The van der Waals surface area contributed by atoms with Gasteiger partial charge < -0.3 is 0 Å². The van der Waals surface area contributed by atoms with Crippen LogP contribution in [0.1, 0.15) is 26.3 Å². The number of alkyl halides is 3. The van der Waals surface area contributed by atoms with Crippen LogP contribution in [0.25, 0.3) is 0 Å². The molecule has 0 saturated heterocycles. The minimum absolute atomic E-state index is 0.122. The Bertz CT molecular complexity index is 811. The molecule has 0 amide bonds. The molecule has 0 aromatic heterocycles. The Morgan fingerprint density at radius 3 is 1.76 bits per heavy atom. The number of hydrogen-bond acceptors (Lipinski definition) is 3. The second-order valence-corrected chi connectivity index (χ2v) is 12.8. The lowest BCUT2D eigenvalue weighted by Crippen LogP contribution is -3.85. The van der Waals surface area contributed by atoms with Crippen molar-refractivity contribution < 1.29 is 44.3 Å². The second-order valence-electron chi connectivity index (χ2n) is 6.26. The summed E-state index contributed by atoms with van der Waals surface area (Å²) in [5.41, 5.74) is -4.56. The first-order valence-electron chi connectivity index (χ1n) is 7.29. The maximum Gasteiger partial charge on any atom is 0.526 e. The molecule has 0 spiro atoms. The summed E-state index contributed by atoms with van der Waals surface area (Å²) in [4.78, 5) is 0. The summed E-state index contributed by atoms with van der Waals surface area (Å²) in [5.74, 6) is 0. The van der Waals surface area contributed by atoms with Gasteiger partial charge in [0.25, 0.3) is 0 Å². The van der Waals surface area contributed by atoms with Gasteiger partial charge in [-0.3, -0.25) is 0 Å². The van der Waals surface area contributed by atoms with E-state index < -0.39 is 35.9 Å². The maximum absolute atomic E-state index is 12.8. The van der Waals surface area contributed by atoms with Gasteiger partial charge in [-0.15, -0.1) is 0 Å². The van der Waals surface area contributed by atoms with E-state index in [0.717, 1.165) is 5.56 Å². The van der Waals surface area contributed by atoms with Crippen molar-refractivity contribution in [3.63, 3.8) is 0 Å². The van der Waals surface area contributed by atoms with Gasteiger partial charge in [0, 0.05) is 0 Å². The van der Waals surface area contributed by atoms with E-state index in [1.807, 2.05) is 20.8 Å². The highest BCUT2D eigenvalue weighted by Gasteiger charge is 2.54. The van der Waals surface area contributed by atoms with E-state index in [-0.39, 0.29) is 5.41 Å². The molecule has 0 saturated carbocycles. The Morgan fingerprint density at radius 2 is 1.32 bits per heavy atom. The van der Waals surface area contributed by atoms with Gasteiger partial charge in [0.2, 0.25) is 0 Å². The first-order valence-corrected chi connectivity index (χ1v) is 11.7. The van der Waals surface area contributed by atoms with Gasteiger partial charge >= 0.3 is 35.9 Å². The predicted molar refractivity (Wildman–Crippen MR) is 85.0 cm³/mol. The van der Waals surface area contributed by atoms with E-state index in [1.54, 1.807) is 54.6 Å². The van der Waals surface area contributed by atoms with Gasteiger partial charge in [0.1, 0.15) is 0 Å². The fourth-order valence-corrected chi connectivity index (χ4v) is 8.37. The normalized spacial score (nSPS) is 13.2. The summed E-state index contributed by atoms with van der Waals surface area (Å²) in [5, 5.41) is 0. The molecule has 0 atom stereocenters. The summed E-state index contributed by atoms with van der Waals surface area (Å²) in [6.45, 7) is 6.04. The molecule has 0 fully saturated rings. The van der Waals surface area contributed by atoms with Crippen molar-refractivity contribution >= 4 is 10.1 Å². The Kier molecular flexibility index (Phi) is 5.85. The van der Waals surface area contributed by atoms with Crippen LogP contribution in [0.15, 0.2) is 54.6 Å². The zero-order chi connectivity index (χ0) is 18.9. The lowest BCUT2D eigenvalue weighted by atomic mass is 9.87. The third kappa shape index (κ3) is 4.95. The molecule has 0 aliphatic rings. The summed E-state index contributed by atoms with van der Waals surface area (Å²) < 4.78 is 67.0. The first kappa shape index (κ1) is 20.2. The fraction of sp³-hybridized carbons (Fsp3) is 0.294. The molecule has 2 aromatic rings. The second kappa shape index (κ2) is 7.24. The van der Waals surface area contributed by atoms with Crippen LogP contribution in [0, 0.1) is 7.14 Å². The molecular weight excluding hydrogens is 468 g/mol. The van der Waals surface area contributed by atoms with Crippen molar-refractivity contribution in [2.75, 3.05) is 0 Å². The minimum atomic E-state index is -5.66. The summed E-state index contributed by atoms with van der Waals surface area (Å²) >= 11 is -3.27. The first-order chi connectivity index (χ1) is 11.4. The lowest BCUT2D eigenvalue weighted by molar-refractivity contribution is -1.03. The van der Waals surface area contributed by atoms with Crippen molar-refractivity contribution in [1.29, 1.82) is 0 Å². The number of halogens is 4. The average Bonchev–Trinajstić information content (AvgIpc) is 2.52. The molecule has 0 heterocycles. The monoisotopic (exact) mass is 486 g/mol. The topological polar surface area (TPSA) is 43.4 Å². The third-order valence-electron chi connectivity index (χ3n) is 3.27. The standard InChI is InChI=1S/C17H18F3IO3S/c1-16(2,3)13-9-11-15(12-10-13)21(14-7-5-4-6-8-14)24-25(22,23)17(18,19)20/h4-12H,1-3H3/q+1. The smallest absolute Gasteiger partial charge is 0.186 e. The third-order valence-corrected chi connectivity index (χ3v) is 10.3. The largest absolute Gasteiger partial charge is 0.526 e. The van der Waals surface area contributed by atoms with Crippen LogP contribution in [-0.4, -0.2) is 13.9 Å². The SMILES string of the molecule is CC(C)(C)c1ccc([I+](OS(=O)(=O)C(F)(F)F)c2ccccc2)cc1. The van der Waals surface area contributed by atoms with Gasteiger partial charge in [-0.05, 0) is 37.8 Å². The van der Waals surface area contributed by atoms with Gasteiger partial charge in [0.15, 0.2) is 7.14 Å². The lowest BCUT2D eigenvalue weighted by Gasteiger charge is -2.18. The van der Waals surface area contributed by atoms with Crippen molar-refractivity contribution in [1.82, 2.24) is 0 Å². The molecule has 0 bridgehead atoms. The summed E-state index contributed by atoms with van der Waals surface area (Å²) in [6, 6.07) is 15.1. The average molecular weight is 486 g/mol. The molecule has 137 valence electrons. The van der Waals surface area contributed by atoms with E-state index in [9.17, 15) is 21.6 Å². The van der Waals surface area contributed by atoms with Crippen molar-refractivity contribution in [3.8, 4) is 0 Å². The van der Waals surface area contributed by atoms with Crippen molar-refractivity contribution in [3.05, 3.63) is 67.3 Å². The van der Waals surface area contributed by atoms with Crippen LogP contribution >= 0.6 is 0 Å². The highest BCUT2D eigenvalue weighted by atomic mass is 127. The zero-order valence-corrected chi connectivity index (χ0v) is 16.8. The molecule has 25 heavy (non-hydrogen) atoms. The molecule has 2 aromatic carbocycles. The van der Waals surface area contributed by atoms with Crippen molar-refractivity contribution in [2.24, 2.45) is 0 Å². The van der Waals surface area contributed by atoms with E-state index in [4.69, 9.17) is 2.51 Å². The van der Waals surface area contributed by atoms with E-state index in [2.05, 4.69) is 0 Å². The summed E-state index contributed by atoms with van der Waals surface area (Å²) in [6.07, 6.45) is 0. The Balaban J connectivity index is 2.46. The predicted octanol–water partition coefficient (Wildman–Crippen LogP) is 1.43. The molecule has 8 heteroatoms. The molecule has 0 aliphatic carbocycles. The molecule has 0 unspecified atom stereocenters. The van der Waals surface area contributed by atoms with Gasteiger partial charge in [-0.1, -0.05) is 51.1 Å². The highest BCUT2D eigenvalue weighted by molar-refractivity contribution is 7.87. The molecule has 0 N–H and O–H groups in total. The molecule has 1 radical (unpaired) electrons. The molecule has 3 nitrogen and oxygen atoms in total. The molecule has 0 aliphatic heterocycles. The Hall–Kier alpha value is -1.13. The molecule has 2 rings (SSSR count). The van der Waals surface area contributed by atoms with Crippen LogP contribution in [0.3, 0.4) is 0 Å². The Morgan fingerprint density at radius 1 is 0.840 bits per heavy atom. The molecular formula is C17H18F3IO3S+. The number of benzene rings is 2. The summed E-state index contributed by atoms with van der Waals surface area (Å²) in [7, 11) is -5.66. The van der Waals surface area contributed by atoms with Crippen LogP contribution in [0.4, 0.5) is 13.2 Å². The van der Waals surface area contributed by atoms with E-state index in [0.29, 0.717) is 7.14 Å². The van der Waals surface area contributed by atoms with E-state index >= 15 is 0 Å². The zero-order valence-electron chi connectivity index (χ0n) is 13.8. The van der Waals surface area contributed by atoms with Gasteiger partial charge in [0.05, 0.1) is 0 Å². The minimum Gasteiger partial charge on any atom is -0.186 e. The van der Waals surface area contributed by atoms with Gasteiger partial charge in [-0.25, -0.2) is 0 Å². The Labute approximate surface area is 153 Å². The maximum atomic E-state index is 12.8. The van der Waals surface area contributed by atoms with Crippen LogP contribution < -0.4 is 20.2 Å². The quantitative estimate of drug-likeness (QED) is 0.486. The van der Waals surface area contributed by atoms with Crippen LogP contribution in [-0.2, 0) is 18.0 Å². The van der Waals surface area contributed by atoms with Crippen LogP contribution in [0.2, 0.25) is 0 Å². The number of hydrogen-bond donors (Lipinski definition) is 0. The van der Waals surface area contributed by atoms with Crippen molar-refractivity contribution in [2.45, 2.75) is 31.7 Å². The van der Waals surface area contributed by atoms with E-state index in [1.165, 1.54) is 0 Å². The fourth-order valence-electron chi connectivity index (χ4n) is 1.91. The van der Waals surface area contributed by atoms with Crippen LogP contribution in [0.5, 0.6) is 0 Å².